The van der Waals surface area contributed by atoms with Crippen molar-refractivity contribution >= 4 is 47.8 Å². The number of hydrogen-bond donors (Lipinski definition) is 1. The van der Waals surface area contributed by atoms with E-state index in [2.05, 4.69) is 0 Å². The molecule has 0 saturated carbocycles. The third-order valence-electron chi connectivity index (χ3n) is 11.4. The molecule has 4 heterocycles. The maximum atomic E-state index is 13.9. The minimum atomic E-state index is -1.95. The second-order valence-electron chi connectivity index (χ2n) is 16.2. The van der Waals surface area contributed by atoms with Gasteiger partial charge in [0.1, 0.15) is 74.3 Å². The van der Waals surface area contributed by atoms with Crippen LogP contribution < -0.4 is 0 Å². The molecule has 0 radical (unpaired) electrons. The fourth-order valence-corrected chi connectivity index (χ4v) is 8.46. The van der Waals surface area contributed by atoms with E-state index < -0.39 is 184 Å². The van der Waals surface area contributed by atoms with Crippen LogP contribution in [0.25, 0.3) is 0 Å². The number of hydrogen-bond acceptors (Lipinski definition) is 29. The number of carbonyl (C=O) groups excluding carboxylic acids is 8. The molecule has 410 valence electrons. The number of methoxy groups -OCH3 is 7. The van der Waals surface area contributed by atoms with Gasteiger partial charge in [-0.05, 0) is 0 Å². The average Bonchev–Trinajstić information content (AvgIpc) is 3.32. The summed E-state index contributed by atoms with van der Waals surface area (Å²) in [5.74, 6) is -7.47. The van der Waals surface area contributed by atoms with E-state index in [4.69, 9.17) is 94.7 Å². The van der Waals surface area contributed by atoms with Gasteiger partial charge in [-0.2, -0.15) is 0 Å². The Bertz CT molecular complexity index is 1860. The molecule has 0 aromatic carbocycles. The van der Waals surface area contributed by atoms with Gasteiger partial charge in [0.2, 0.25) is 0 Å². The van der Waals surface area contributed by atoms with E-state index in [1.165, 1.54) is 35.5 Å². The van der Waals surface area contributed by atoms with Crippen molar-refractivity contribution in [1.82, 2.24) is 0 Å². The van der Waals surface area contributed by atoms with Gasteiger partial charge in [-0.1, -0.05) is 0 Å². The Labute approximate surface area is 412 Å². The highest BCUT2D eigenvalue weighted by molar-refractivity contribution is 5.76. The number of aliphatic hydroxyl groups is 1. The molecule has 0 amide bonds. The fraction of sp³-hybridized carbons (Fsp3) is 0.814. The van der Waals surface area contributed by atoms with Gasteiger partial charge in [-0.3, -0.25) is 28.8 Å². The molecule has 0 aromatic rings. The molecule has 0 bridgehead atoms. The van der Waals surface area contributed by atoms with Gasteiger partial charge in [-0.25, -0.2) is 9.59 Å². The van der Waals surface area contributed by atoms with Gasteiger partial charge in [0.25, 0.3) is 0 Å². The smallest absolute Gasteiger partial charge is 0.337 e. The van der Waals surface area contributed by atoms with E-state index in [0.29, 0.717) is 0 Å². The Balaban J connectivity index is 1.83. The molecule has 0 aliphatic carbocycles. The summed E-state index contributed by atoms with van der Waals surface area (Å²) in [6.07, 6.45) is -32.4. The first-order chi connectivity index (χ1) is 34.1. The predicted molar refractivity (Wildman–Crippen MR) is 225 cm³/mol. The zero-order valence-electron chi connectivity index (χ0n) is 41.8. The van der Waals surface area contributed by atoms with Crippen LogP contribution in [-0.2, 0) is 133 Å². The molecule has 4 aliphatic heterocycles. The lowest BCUT2D eigenvalue weighted by Crippen LogP contribution is -2.69. The van der Waals surface area contributed by atoms with Gasteiger partial charge in [0.15, 0.2) is 61.8 Å². The maximum Gasteiger partial charge on any atom is 0.337 e. The van der Waals surface area contributed by atoms with Crippen LogP contribution in [0.5, 0.6) is 0 Å². The van der Waals surface area contributed by atoms with Crippen LogP contribution in [0, 0.1) is 0 Å². The van der Waals surface area contributed by atoms with Crippen molar-refractivity contribution < 1.29 is 138 Å². The molecule has 1 N–H and O–H groups in total. The number of esters is 8. The second kappa shape index (κ2) is 27.5. The molecular weight excluding hydrogens is 980 g/mol. The number of ether oxygens (including phenoxy) is 20. The lowest BCUT2D eigenvalue weighted by Gasteiger charge is -2.51. The first-order valence-corrected chi connectivity index (χ1v) is 22.1. The molecule has 4 rings (SSSR count). The summed E-state index contributed by atoms with van der Waals surface area (Å²) in [4.78, 5) is 102. The third-order valence-corrected chi connectivity index (χ3v) is 11.4. The summed E-state index contributed by atoms with van der Waals surface area (Å²) in [7, 11) is 8.04. The molecule has 8 unspecified atom stereocenters. The lowest BCUT2D eigenvalue weighted by atomic mass is 9.94. The van der Waals surface area contributed by atoms with E-state index in [1.54, 1.807) is 0 Å². The Hall–Kier alpha value is -4.76. The van der Waals surface area contributed by atoms with Gasteiger partial charge in [0.05, 0.1) is 14.2 Å². The lowest BCUT2D eigenvalue weighted by molar-refractivity contribution is -0.386. The second-order valence-corrected chi connectivity index (χ2v) is 16.2. The predicted octanol–water partition coefficient (Wildman–Crippen LogP) is -2.69. The fourth-order valence-electron chi connectivity index (χ4n) is 8.46. The largest absolute Gasteiger partial charge is 0.467 e. The van der Waals surface area contributed by atoms with E-state index in [9.17, 15) is 43.5 Å². The number of carbonyl (C=O) groups is 8. The monoisotopic (exact) mass is 1040 g/mol. The topological polar surface area (TPSA) is 341 Å². The summed E-state index contributed by atoms with van der Waals surface area (Å²) in [6, 6.07) is 0. The van der Waals surface area contributed by atoms with Crippen molar-refractivity contribution in [3.63, 3.8) is 0 Å². The number of rotatable bonds is 21. The molecule has 4 aliphatic rings. The van der Waals surface area contributed by atoms with E-state index >= 15 is 0 Å². The van der Waals surface area contributed by atoms with Crippen molar-refractivity contribution in [2.75, 3.05) is 63.0 Å². The van der Waals surface area contributed by atoms with Crippen molar-refractivity contribution in [2.24, 2.45) is 0 Å². The van der Waals surface area contributed by atoms with Crippen molar-refractivity contribution in [3.05, 3.63) is 0 Å². The average molecular weight is 1040 g/mol. The molecule has 4 saturated heterocycles. The van der Waals surface area contributed by atoms with E-state index in [1.807, 2.05) is 0 Å². The highest BCUT2D eigenvalue weighted by Gasteiger charge is 2.61. The Morgan fingerprint density at radius 2 is 0.708 bits per heavy atom. The van der Waals surface area contributed by atoms with Crippen LogP contribution in [0.15, 0.2) is 0 Å². The summed E-state index contributed by atoms with van der Waals surface area (Å²) in [5, 5.41) is 11.0. The molecule has 29 heteroatoms. The Morgan fingerprint density at radius 1 is 0.361 bits per heavy atom. The molecule has 0 spiro atoms. The third kappa shape index (κ3) is 14.7. The summed E-state index contributed by atoms with van der Waals surface area (Å²) >= 11 is 0. The molecule has 29 nitrogen and oxygen atoms in total. The SMILES string of the molecule is COC(=O)C1O[C@@H](O[C@H]2C(OC(C)=O)C(OC(C)=O)[C@@H](O[C@H]3C(OC)C(OC)[C@H](O[C@@H]4C(COC(C)=O)O[C@H](OC)C(OC(C)=O)[C@H]4OC(C)=O)O[C@H]3C(=O)OC)O[C@H]2COC(C)=O)C(OC)[C@@H](OC)[C@@H]1O. The summed E-state index contributed by atoms with van der Waals surface area (Å²) in [6.45, 7) is 5.07. The number of aliphatic hydroxyl groups excluding tert-OH is 1. The first kappa shape index (κ1) is 59.8. The van der Waals surface area contributed by atoms with Gasteiger partial charge >= 0.3 is 47.8 Å². The van der Waals surface area contributed by atoms with Gasteiger partial charge in [0, 0.05) is 77.1 Å². The minimum Gasteiger partial charge on any atom is -0.467 e. The Morgan fingerprint density at radius 3 is 1.10 bits per heavy atom. The van der Waals surface area contributed by atoms with Crippen molar-refractivity contribution in [2.45, 2.75) is 164 Å². The van der Waals surface area contributed by atoms with Gasteiger partial charge < -0.3 is 99.8 Å². The highest BCUT2D eigenvalue weighted by Crippen LogP contribution is 2.39. The van der Waals surface area contributed by atoms with Gasteiger partial charge in [-0.15, -0.1) is 0 Å². The van der Waals surface area contributed by atoms with Crippen LogP contribution >= 0.6 is 0 Å². The van der Waals surface area contributed by atoms with E-state index in [-0.39, 0.29) is 0 Å². The summed E-state index contributed by atoms with van der Waals surface area (Å²) < 4.78 is 115. The molecular formula is C43H64O29. The Kier molecular flexibility index (Phi) is 22.8. The van der Waals surface area contributed by atoms with Crippen LogP contribution in [0.4, 0.5) is 0 Å². The maximum absolute atomic E-state index is 13.9. The minimum absolute atomic E-state index is 0.548. The van der Waals surface area contributed by atoms with Crippen LogP contribution in [-0.4, -0.2) is 239 Å². The molecule has 0 aromatic heterocycles. The zero-order valence-corrected chi connectivity index (χ0v) is 41.8. The molecule has 72 heavy (non-hydrogen) atoms. The van der Waals surface area contributed by atoms with E-state index in [0.717, 1.165) is 55.8 Å². The molecule has 4 fully saturated rings. The standard InChI is InChI=1S/C43H64O29/c1-16(44)60-14-22-25(30(62-18(3)46)36(64-20(5)48)40(59-13)66-22)69-42-35(56-10)29(54-8)32(33(72-42)39(52)58-12)71-43-37(65-21(6)49)31(63-19(4)47)26(23(67-43)15-61-17(2)45)68-41-34(55-9)27(53-7)24(50)28(70-41)38(51)57-11/h22-37,40-43,50H,14-15H2,1-13H3/t22?,23-,24-,25+,26+,27-,28?,29?,30-,31?,32-,33+,34?,35?,36?,37?,40-,41+,42+,43+/m0/s1. The van der Waals surface area contributed by atoms with Crippen molar-refractivity contribution in [3.8, 4) is 0 Å². The molecule has 20 atom stereocenters. The summed E-state index contributed by atoms with van der Waals surface area (Å²) in [5.41, 5.74) is 0. The van der Waals surface area contributed by atoms with Crippen LogP contribution in [0.3, 0.4) is 0 Å². The zero-order chi connectivity index (χ0) is 53.7. The first-order valence-electron chi connectivity index (χ1n) is 22.1. The normalized spacial score (nSPS) is 36.7. The van der Waals surface area contributed by atoms with Crippen LogP contribution in [0.1, 0.15) is 41.5 Å². The quantitative estimate of drug-likeness (QED) is 0.0903. The van der Waals surface area contributed by atoms with Crippen LogP contribution in [0.2, 0.25) is 0 Å². The van der Waals surface area contributed by atoms with Crippen molar-refractivity contribution in [1.29, 1.82) is 0 Å². The highest BCUT2D eigenvalue weighted by atomic mass is 16.8.